The molecule has 1 aliphatic heterocycles. The van der Waals surface area contributed by atoms with Gasteiger partial charge in [-0.2, -0.15) is 0 Å². The Morgan fingerprint density at radius 3 is 2.55 bits per heavy atom. The molecule has 7 heteroatoms. The van der Waals surface area contributed by atoms with Gasteiger partial charge in [0.15, 0.2) is 5.43 Å². The number of pyridine rings is 1. The van der Waals surface area contributed by atoms with Crippen molar-refractivity contribution in [1.82, 2.24) is 4.98 Å². The molecule has 0 aliphatic carbocycles. The quantitative estimate of drug-likeness (QED) is 0.398. The van der Waals surface area contributed by atoms with Gasteiger partial charge in [0.05, 0.1) is 17.0 Å². The number of anilines is 1. The van der Waals surface area contributed by atoms with Crippen molar-refractivity contribution in [2.75, 3.05) is 4.90 Å². The smallest absolute Gasteiger partial charge is 0.296 e. The predicted octanol–water partition coefficient (Wildman–Crippen LogP) is 5.35. The lowest BCUT2D eigenvalue weighted by Gasteiger charge is -2.24. The lowest BCUT2D eigenvalue weighted by Crippen LogP contribution is -2.30. The summed E-state index contributed by atoms with van der Waals surface area (Å²) in [5, 5.41) is 0.768. The lowest BCUT2D eigenvalue weighted by atomic mass is 9.98. The summed E-state index contributed by atoms with van der Waals surface area (Å²) in [7, 11) is 0. The molecular weight excluding hydrogens is 456 g/mol. The number of carbonyl (C=O) groups excluding carboxylic acids is 1. The van der Waals surface area contributed by atoms with Gasteiger partial charge in [0.25, 0.3) is 5.91 Å². The maximum Gasteiger partial charge on any atom is 0.296 e. The molecule has 0 N–H and O–H groups in total. The van der Waals surface area contributed by atoms with Gasteiger partial charge in [-0.3, -0.25) is 14.5 Å². The molecule has 2 aromatic heterocycles. The Hall–Kier alpha value is -2.96. The van der Waals surface area contributed by atoms with Crippen molar-refractivity contribution in [3.05, 3.63) is 103 Å². The number of aromatic nitrogens is 1. The second kappa shape index (κ2) is 6.83. The summed E-state index contributed by atoms with van der Waals surface area (Å²) in [5.41, 5.74) is 1.12. The summed E-state index contributed by atoms with van der Waals surface area (Å²) in [5.74, 6) is 0.0715. The molecule has 0 spiro atoms. The van der Waals surface area contributed by atoms with Crippen molar-refractivity contribution < 1.29 is 9.21 Å². The molecule has 2 aromatic carbocycles. The number of hydrogen-bond donors (Lipinski definition) is 0. The Morgan fingerprint density at radius 2 is 1.83 bits per heavy atom. The minimum absolute atomic E-state index is 0.0309. The molecule has 0 saturated carbocycles. The number of amides is 1. The summed E-state index contributed by atoms with van der Waals surface area (Å²) in [4.78, 5) is 32.6. The van der Waals surface area contributed by atoms with Crippen LogP contribution in [-0.4, -0.2) is 10.9 Å². The van der Waals surface area contributed by atoms with Crippen molar-refractivity contribution in [1.29, 1.82) is 0 Å². The third-order valence-electron chi connectivity index (χ3n) is 4.91. The molecule has 142 valence electrons. The van der Waals surface area contributed by atoms with Gasteiger partial charge in [-0.15, -0.1) is 0 Å². The zero-order valence-electron chi connectivity index (χ0n) is 14.8. The van der Waals surface area contributed by atoms with Crippen molar-refractivity contribution in [2.24, 2.45) is 0 Å². The Kier molecular flexibility index (Phi) is 4.26. The molecule has 1 aliphatic rings. The highest BCUT2D eigenvalue weighted by Gasteiger charge is 2.44. The van der Waals surface area contributed by atoms with E-state index in [0.29, 0.717) is 21.8 Å². The maximum absolute atomic E-state index is 13.4. The molecule has 0 fully saturated rings. The van der Waals surface area contributed by atoms with E-state index >= 15 is 0 Å². The first kappa shape index (κ1) is 18.1. The lowest BCUT2D eigenvalue weighted by molar-refractivity contribution is 0.0970. The van der Waals surface area contributed by atoms with Crippen LogP contribution in [0.4, 0.5) is 5.82 Å². The van der Waals surface area contributed by atoms with Crippen molar-refractivity contribution >= 4 is 50.2 Å². The summed E-state index contributed by atoms with van der Waals surface area (Å²) in [6.07, 6.45) is 1.61. The Labute approximate surface area is 178 Å². The van der Waals surface area contributed by atoms with Crippen molar-refractivity contribution in [2.45, 2.75) is 6.04 Å². The van der Waals surface area contributed by atoms with Crippen molar-refractivity contribution in [3.63, 3.8) is 0 Å². The van der Waals surface area contributed by atoms with E-state index < -0.39 is 11.9 Å². The standard InChI is InChI=1S/C22H12BrClN2O3/c23-13-6-4-12(5-7-13)19-18-20(27)15-11-14(24)8-9-16(15)29-21(18)22(28)26(19)17-3-1-2-10-25-17/h1-11,19H. The Bertz CT molecular complexity index is 1320. The van der Waals surface area contributed by atoms with E-state index in [1.807, 2.05) is 24.3 Å². The second-order valence-electron chi connectivity index (χ2n) is 6.63. The summed E-state index contributed by atoms with van der Waals surface area (Å²) >= 11 is 9.52. The van der Waals surface area contributed by atoms with E-state index in [-0.39, 0.29) is 16.8 Å². The van der Waals surface area contributed by atoms with Gasteiger partial charge in [0, 0.05) is 15.7 Å². The molecule has 5 rings (SSSR count). The first-order valence-electron chi connectivity index (χ1n) is 8.81. The van der Waals surface area contributed by atoms with Crippen molar-refractivity contribution in [3.8, 4) is 0 Å². The molecule has 4 aromatic rings. The molecule has 0 radical (unpaired) electrons. The van der Waals surface area contributed by atoms with E-state index in [2.05, 4.69) is 20.9 Å². The third kappa shape index (κ3) is 2.87. The first-order valence-corrected chi connectivity index (χ1v) is 9.98. The number of rotatable bonds is 2. The zero-order valence-corrected chi connectivity index (χ0v) is 17.1. The molecule has 0 bridgehead atoms. The van der Waals surface area contributed by atoms with Gasteiger partial charge in [0.1, 0.15) is 11.4 Å². The fourth-order valence-corrected chi connectivity index (χ4v) is 4.07. The summed E-state index contributed by atoms with van der Waals surface area (Å²) in [6, 6.07) is 16.9. The largest absolute Gasteiger partial charge is 0.450 e. The van der Waals surface area contributed by atoms with Gasteiger partial charge < -0.3 is 4.42 Å². The van der Waals surface area contributed by atoms with E-state index in [1.165, 1.54) is 4.90 Å². The van der Waals surface area contributed by atoms with Crippen LogP contribution in [-0.2, 0) is 0 Å². The minimum Gasteiger partial charge on any atom is -0.450 e. The van der Waals surface area contributed by atoms with Crippen LogP contribution in [0.3, 0.4) is 0 Å². The van der Waals surface area contributed by atoms with Gasteiger partial charge in [0.2, 0.25) is 5.76 Å². The number of carbonyl (C=O) groups is 1. The maximum atomic E-state index is 13.4. The van der Waals surface area contributed by atoms with E-state index in [1.54, 1.807) is 42.6 Å². The molecule has 1 atom stereocenters. The molecule has 5 nitrogen and oxygen atoms in total. The number of benzene rings is 2. The number of halogens is 2. The average Bonchev–Trinajstić information content (AvgIpc) is 3.03. The fraction of sp³-hybridized carbons (Fsp3) is 0.0455. The van der Waals surface area contributed by atoms with Crippen LogP contribution >= 0.6 is 27.5 Å². The zero-order chi connectivity index (χ0) is 20.1. The monoisotopic (exact) mass is 466 g/mol. The van der Waals surface area contributed by atoms with Gasteiger partial charge >= 0.3 is 0 Å². The summed E-state index contributed by atoms with van der Waals surface area (Å²) in [6.45, 7) is 0. The third-order valence-corrected chi connectivity index (χ3v) is 5.68. The fourth-order valence-electron chi connectivity index (χ4n) is 3.64. The molecule has 0 saturated heterocycles. The van der Waals surface area contributed by atoms with Crippen LogP contribution in [0.25, 0.3) is 11.0 Å². The van der Waals surface area contributed by atoms with Crippen LogP contribution in [0.1, 0.15) is 27.7 Å². The van der Waals surface area contributed by atoms with Gasteiger partial charge in [-0.25, -0.2) is 4.98 Å². The number of hydrogen-bond acceptors (Lipinski definition) is 4. The second-order valence-corrected chi connectivity index (χ2v) is 7.98. The van der Waals surface area contributed by atoms with Gasteiger partial charge in [-0.1, -0.05) is 45.7 Å². The molecular formula is C22H12BrClN2O3. The van der Waals surface area contributed by atoms with Crippen LogP contribution in [0, 0.1) is 0 Å². The van der Waals surface area contributed by atoms with Gasteiger partial charge in [-0.05, 0) is 48.0 Å². The normalized spacial score (nSPS) is 15.7. The Morgan fingerprint density at radius 1 is 1.03 bits per heavy atom. The molecule has 1 amide bonds. The summed E-state index contributed by atoms with van der Waals surface area (Å²) < 4.78 is 6.79. The van der Waals surface area contributed by atoms with Crippen LogP contribution < -0.4 is 10.3 Å². The first-order chi connectivity index (χ1) is 14.0. The topological polar surface area (TPSA) is 63.4 Å². The molecule has 3 heterocycles. The van der Waals surface area contributed by atoms with Crippen LogP contribution in [0.5, 0.6) is 0 Å². The van der Waals surface area contributed by atoms with E-state index in [4.69, 9.17) is 16.0 Å². The number of fused-ring (bicyclic) bond motifs is 2. The number of nitrogens with zero attached hydrogens (tertiary/aromatic N) is 2. The highest BCUT2D eigenvalue weighted by molar-refractivity contribution is 9.10. The highest BCUT2D eigenvalue weighted by atomic mass is 79.9. The Balaban J connectivity index is 1.83. The van der Waals surface area contributed by atoms with E-state index in [9.17, 15) is 9.59 Å². The average molecular weight is 468 g/mol. The SMILES string of the molecule is O=C1c2oc3ccc(Cl)cc3c(=O)c2C(c2ccc(Br)cc2)N1c1ccccn1. The molecule has 29 heavy (non-hydrogen) atoms. The highest BCUT2D eigenvalue weighted by Crippen LogP contribution is 2.40. The molecule has 1 unspecified atom stereocenters. The van der Waals surface area contributed by atoms with E-state index in [0.717, 1.165) is 10.0 Å². The van der Waals surface area contributed by atoms with Crippen LogP contribution in [0.15, 0.2) is 80.5 Å². The minimum atomic E-state index is -0.653. The predicted molar refractivity (Wildman–Crippen MR) is 115 cm³/mol. The van der Waals surface area contributed by atoms with Crippen LogP contribution in [0.2, 0.25) is 5.02 Å².